The van der Waals surface area contributed by atoms with Crippen molar-refractivity contribution in [1.29, 1.82) is 0 Å². The topological polar surface area (TPSA) is 24.9 Å². The molecular weight excluding hydrogens is 391 g/mol. The minimum Gasteiger partial charge on any atom is -0.313 e. The van der Waals surface area contributed by atoms with Crippen LogP contribution in [-0.2, 0) is 6.42 Å². The molecule has 1 aromatic carbocycles. The third kappa shape index (κ3) is 4.02. The lowest BCUT2D eigenvalue weighted by molar-refractivity contribution is 0.591. The molecule has 5 heteroatoms. The molecule has 1 atom stereocenters. The van der Waals surface area contributed by atoms with Gasteiger partial charge < -0.3 is 5.32 Å². The maximum Gasteiger partial charge on any atom is 0.0551 e. The number of benzene rings is 1. The van der Waals surface area contributed by atoms with Gasteiger partial charge in [-0.3, -0.25) is 4.98 Å². The lowest BCUT2D eigenvalue weighted by atomic mass is 10.0. The molecule has 0 fully saturated rings. The number of nitrogens with one attached hydrogen (secondary N) is 1. The summed E-state index contributed by atoms with van der Waals surface area (Å²) in [6.07, 6.45) is 4.53. The second kappa shape index (κ2) is 6.84. The van der Waals surface area contributed by atoms with Crippen molar-refractivity contribution in [3.63, 3.8) is 0 Å². The maximum absolute atomic E-state index is 6.15. The van der Waals surface area contributed by atoms with Gasteiger partial charge in [-0.25, -0.2) is 0 Å². The van der Waals surface area contributed by atoms with E-state index in [0.717, 1.165) is 26.0 Å². The predicted molar refractivity (Wildman–Crippen MR) is 86.6 cm³/mol. The molecule has 0 amide bonds. The van der Waals surface area contributed by atoms with Gasteiger partial charge in [-0.15, -0.1) is 0 Å². The van der Waals surface area contributed by atoms with Gasteiger partial charge in [-0.05, 0) is 74.7 Å². The first-order valence-electron chi connectivity index (χ1n) is 5.82. The highest BCUT2D eigenvalue weighted by Crippen LogP contribution is 2.27. The number of halogens is 3. The lowest BCUT2D eigenvalue weighted by Crippen LogP contribution is -2.18. The van der Waals surface area contributed by atoms with Crippen LogP contribution in [0.15, 0.2) is 45.6 Å². The Labute approximate surface area is 134 Å². The molecule has 2 nitrogen and oxygen atoms in total. The van der Waals surface area contributed by atoms with Crippen molar-refractivity contribution in [2.24, 2.45) is 0 Å². The van der Waals surface area contributed by atoms with Gasteiger partial charge in [-0.1, -0.05) is 17.7 Å². The molecule has 0 aliphatic heterocycles. The van der Waals surface area contributed by atoms with Crippen molar-refractivity contribution in [3.8, 4) is 0 Å². The van der Waals surface area contributed by atoms with Gasteiger partial charge in [0.15, 0.2) is 0 Å². The molecule has 2 aromatic rings. The van der Waals surface area contributed by atoms with Crippen molar-refractivity contribution in [1.82, 2.24) is 10.3 Å². The molecule has 1 N–H and O–H groups in total. The Morgan fingerprint density at radius 1 is 1.26 bits per heavy atom. The normalized spacial score (nSPS) is 12.4. The summed E-state index contributed by atoms with van der Waals surface area (Å²) in [6, 6.07) is 8.32. The van der Waals surface area contributed by atoms with E-state index in [4.69, 9.17) is 11.6 Å². The maximum atomic E-state index is 6.15. The van der Waals surface area contributed by atoms with E-state index in [0.29, 0.717) is 0 Å². The zero-order valence-corrected chi connectivity index (χ0v) is 14.3. The fraction of sp³-hybridized carbons (Fsp3) is 0.214. The predicted octanol–water partition coefficient (Wildman–Crippen LogP) is 4.76. The summed E-state index contributed by atoms with van der Waals surface area (Å²) in [5.41, 5.74) is 2.34. The molecule has 0 aliphatic carbocycles. The fourth-order valence-electron chi connectivity index (χ4n) is 1.92. The average Bonchev–Trinajstić information content (AvgIpc) is 2.39. The zero-order chi connectivity index (χ0) is 13.8. The second-order valence-corrected chi connectivity index (χ2v) is 6.41. The smallest absolute Gasteiger partial charge is 0.0551 e. The number of nitrogens with zero attached hydrogens (tertiary/aromatic N) is 1. The highest BCUT2D eigenvalue weighted by Gasteiger charge is 2.12. The van der Waals surface area contributed by atoms with Gasteiger partial charge in [0.05, 0.1) is 5.02 Å². The first-order chi connectivity index (χ1) is 9.10. The van der Waals surface area contributed by atoms with E-state index >= 15 is 0 Å². The van der Waals surface area contributed by atoms with E-state index in [9.17, 15) is 0 Å². The van der Waals surface area contributed by atoms with Crippen molar-refractivity contribution in [2.75, 3.05) is 7.05 Å². The van der Waals surface area contributed by atoms with Crippen molar-refractivity contribution in [2.45, 2.75) is 12.5 Å². The van der Waals surface area contributed by atoms with Gasteiger partial charge in [-0.2, -0.15) is 0 Å². The van der Waals surface area contributed by atoms with Crippen LogP contribution in [0.4, 0.5) is 0 Å². The molecule has 0 aliphatic rings. The minimum absolute atomic E-state index is 0.210. The largest absolute Gasteiger partial charge is 0.313 e. The molecule has 0 bridgehead atoms. The van der Waals surface area contributed by atoms with Gasteiger partial charge in [0.1, 0.15) is 0 Å². The number of hydrogen-bond donors (Lipinski definition) is 1. The Bertz CT molecular complexity index is 575. The standard InChI is InChI=1S/C14H13Br2ClN2/c1-18-14(5-9-4-11(15)8-19-7-9)10-2-3-12(16)13(17)6-10/h2-4,6-8,14,18H,5H2,1H3. The van der Waals surface area contributed by atoms with Crippen LogP contribution in [0.1, 0.15) is 17.2 Å². The zero-order valence-electron chi connectivity index (χ0n) is 10.3. The molecule has 0 spiro atoms. The first-order valence-corrected chi connectivity index (χ1v) is 7.78. The van der Waals surface area contributed by atoms with Crippen molar-refractivity contribution >= 4 is 43.5 Å². The lowest BCUT2D eigenvalue weighted by Gasteiger charge is -2.17. The Hall–Kier alpha value is -0.420. The molecule has 1 aromatic heterocycles. The van der Waals surface area contributed by atoms with Crippen molar-refractivity contribution in [3.05, 3.63) is 61.8 Å². The molecule has 100 valence electrons. The van der Waals surface area contributed by atoms with E-state index in [1.54, 1.807) is 6.20 Å². The number of hydrogen-bond acceptors (Lipinski definition) is 2. The first kappa shape index (κ1) is 15.0. The third-order valence-corrected chi connectivity index (χ3v) is 4.56. The van der Waals surface area contributed by atoms with Crippen LogP contribution in [0.5, 0.6) is 0 Å². The minimum atomic E-state index is 0.210. The molecule has 0 radical (unpaired) electrons. The van der Waals surface area contributed by atoms with E-state index < -0.39 is 0 Å². The molecule has 0 saturated carbocycles. The van der Waals surface area contributed by atoms with Gasteiger partial charge >= 0.3 is 0 Å². The SMILES string of the molecule is CNC(Cc1cncc(Br)c1)c1ccc(Br)c(Cl)c1. The summed E-state index contributed by atoms with van der Waals surface area (Å²) >= 11 is 13.0. The number of aromatic nitrogens is 1. The van der Waals surface area contributed by atoms with Gasteiger partial charge in [0, 0.05) is 27.4 Å². The summed E-state index contributed by atoms with van der Waals surface area (Å²) in [6.45, 7) is 0. The quantitative estimate of drug-likeness (QED) is 0.795. The number of pyridine rings is 1. The van der Waals surface area contributed by atoms with Crippen LogP contribution in [0.25, 0.3) is 0 Å². The summed E-state index contributed by atoms with van der Waals surface area (Å²) in [5, 5.41) is 4.04. The van der Waals surface area contributed by atoms with E-state index in [-0.39, 0.29) is 6.04 Å². The van der Waals surface area contributed by atoms with E-state index in [1.807, 2.05) is 25.4 Å². The molecule has 1 heterocycles. The van der Waals surface area contributed by atoms with E-state index in [1.165, 1.54) is 5.56 Å². The van der Waals surface area contributed by atoms with Gasteiger partial charge in [0.2, 0.25) is 0 Å². The Morgan fingerprint density at radius 3 is 2.68 bits per heavy atom. The highest BCUT2D eigenvalue weighted by atomic mass is 79.9. The molecular formula is C14H13Br2ClN2. The Balaban J connectivity index is 2.22. The molecule has 2 rings (SSSR count). The van der Waals surface area contributed by atoms with Crippen LogP contribution < -0.4 is 5.32 Å². The second-order valence-electron chi connectivity index (χ2n) is 4.23. The number of likely N-dealkylation sites (N-methyl/N-ethyl adjacent to an activating group) is 1. The van der Waals surface area contributed by atoms with Crippen molar-refractivity contribution < 1.29 is 0 Å². The monoisotopic (exact) mass is 402 g/mol. The fourth-order valence-corrected chi connectivity index (χ4v) is 2.77. The Morgan fingerprint density at radius 2 is 2.05 bits per heavy atom. The summed E-state index contributed by atoms with van der Waals surface area (Å²) in [5.74, 6) is 0. The Kier molecular flexibility index (Phi) is 5.39. The van der Waals surface area contributed by atoms with Crippen LogP contribution >= 0.6 is 43.5 Å². The highest BCUT2D eigenvalue weighted by molar-refractivity contribution is 9.10. The van der Waals surface area contributed by atoms with Crippen LogP contribution in [0.3, 0.4) is 0 Å². The third-order valence-electron chi connectivity index (χ3n) is 2.90. The van der Waals surface area contributed by atoms with Gasteiger partial charge in [0.25, 0.3) is 0 Å². The van der Waals surface area contributed by atoms with E-state index in [2.05, 4.69) is 54.3 Å². The number of rotatable bonds is 4. The molecule has 19 heavy (non-hydrogen) atoms. The molecule has 0 saturated heterocycles. The van der Waals surface area contributed by atoms with Crippen LogP contribution in [-0.4, -0.2) is 12.0 Å². The van der Waals surface area contributed by atoms with Crippen LogP contribution in [0.2, 0.25) is 5.02 Å². The van der Waals surface area contributed by atoms with Crippen LogP contribution in [0, 0.1) is 0 Å². The average molecular weight is 405 g/mol. The summed E-state index contributed by atoms with van der Waals surface area (Å²) in [7, 11) is 1.95. The summed E-state index contributed by atoms with van der Waals surface area (Å²) in [4.78, 5) is 4.19. The molecule has 1 unspecified atom stereocenters. The summed E-state index contributed by atoms with van der Waals surface area (Å²) < 4.78 is 1.91.